The number of hydrogen-bond acceptors (Lipinski definition) is 3. The van der Waals surface area contributed by atoms with E-state index in [0.717, 1.165) is 44.2 Å². The van der Waals surface area contributed by atoms with Gasteiger partial charge in [-0.1, -0.05) is 48.5 Å². The molecule has 1 saturated heterocycles. The molecule has 2 amide bonds. The van der Waals surface area contributed by atoms with Crippen LogP contribution in [-0.4, -0.2) is 62.6 Å². The van der Waals surface area contributed by atoms with Crippen LogP contribution in [0.2, 0.25) is 0 Å². The predicted molar refractivity (Wildman–Crippen MR) is 121 cm³/mol. The summed E-state index contributed by atoms with van der Waals surface area (Å²) >= 11 is 0. The van der Waals surface area contributed by atoms with E-state index in [-0.39, 0.29) is 18.4 Å². The average molecular weight is 421 g/mol. The van der Waals surface area contributed by atoms with Crippen LogP contribution in [0.1, 0.15) is 18.4 Å². The van der Waals surface area contributed by atoms with Gasteiger partial charge < -0.3 is 19.4 Å². The van der Waals surface area contributed by atoms with Gasteiger partial charge >= 0.3 is 0 Å². The monoisotopic (exact) mass is 420 g/mol. The number of fused-ring (bicyclic) bond motifs is 1. The number of carbonyl (C=O) groups is 2. The van der Waals surface area contributed by atoms with Crippen LogP contribution in [0.3, 0.4) is 0 Å². The molecule has 2 aromatic carbocycles. The Balaban J connectivity index is 1.19. The molecule has 0 bridgehead atoms. The lowest BCUT2D eigenvalue weighted by Crippen LogP contribution is -3.14. The van der Waals surface area contributed by atoms with E-state index < -0.39 is 0 Å². The summed E-state index contributed by atoms with van der Waals surface area (Å²) in [6, 6.07) is 17.9. The van der Waals surface area contributed by atoms with E-state index in [0.29, 0.717) is 19.4 Å². The van der Waals surface area contributed by atoms with E-state index in [1.165, 1.54) is 10.5 Å². The summed E-state index contributed by atoms with van der Waals surface area (Å²) in [5.41, 5.74) is 2.02. The average Bonchev–Trinajstić information content (AvgIpc) is 2.81. The van der Waals surface area contributed by atoms with Crippen LogP contribution in [0.15, 0.2) is 60.7 Å². The zero-order valence-electron chi connectivity index (χ0n) is 17.8. The Morgan fingerprint density at radius 3 is 2.58 bits per heavy atom. The molecule has 1 fully saturated rings. The van der Waals surface area contributed by atoms with Gasteiger partial charge in [-0.15, -0.1) is 0 Å². The molecule has 0 atom stereocenters. The molecule has 0 spiro atoms. The lowest BCUT2D eigenvalue weighted by Gasteiger charge is -2.32. The van der Waals surface area contributed by atoms with Crippen LogP contribution in [0, 0.1) is 0 Å². The molecule has 0 aromatic heterocycles. The van der Waals surface area contributed by atoms with Gasteiger partial charge in [0.2, 0.25) is 5.91 Å². The van der Waals surface area contributed by atoms with Crippen molar-refractivity contribution in [3.8, 4) is 5.75 Å². The maximum absolute atomic E-state index is 12.6. The van der Waals surface area contributed by atoms with E-state index in [2.05, 4.69) is 24.3 Å². The predicted octanol–water partition coefficient (Wildman–Crippen LogP) is 1.63. The van der Waals surface area contributed by atoms with E-state index in [1.807, 2.05) is 47.4 Å². The van der Waals surface area contributed by atoms with Crippen LogP contribution in [0.25, 0.3) is 6.08 Å². The summed E-state index contributed by atoms with van der Waals surface area (Å²) in [6.45, 7) is 5.13. The highest BCUT2D eigenvalue weighted by atomic mass is 16.5. The third kappa shape index (κ3) is 5.52. The minimum atomic E-state index is -0.0491. The number of quaternary nitrogens is 1. The molecular formula is C25H30N3O3+. The molecular weight excluding hydrogens is 390 g/mol. The second-order valence-electron chi connectivity index (χ2n) is 8.05. The third-order valence-corrected chi connectivity index (χ3v) is 5.92. The van der Waals surface area contributed by atoms with Crippen molar-refractivity contribution in [1.82, 2.24) is 4.90 Å². The molecule has 162 valence electrons. The molecule has 31 heavy (non-hydrogen) atoms. The lowest BCUT2D eigenvalue weighted by atomic mass is 10.2. The Hall–Kier alpha value is -3.12. The van der Waals surface area contributed by atoms with Crippen molar-refractivity contribution in [3.05, 3.63) is 66.2 Å². The largest absolute Gasteiger partial charge is 0.482 e. The van der Waals surface area contributed by atoms with E-state index in [9.17, 15) is 9.59 Å². The minimum Gasteiger partial charge on any atom is -0.482 e. The van der Waals surface area contributed by atoms with Gasteiger partial charge in [-0.3, -0.25) is 9.59 Å². The van der Waals surface area contributed by atoms with Crippen LogP contribution in [0.4, 0.5) is 5.69 Å². The van der Waals surface area contributed by atoms with Gasteiger partial charge in [-0.05, 0) is 30.2 Å². The number of hydrogen-bond donors (Lipinski definition) is 1. The topological polar surface area (TPSA) is 54.3 Å². The molecule has 2 aromatic rings. The van der Waals surface area contributed by atoms with Crippen LogP contribution < -0.4 is 14.5 Å². The van der Waals surface area contributed by atoms with Gasteiger partial charge in [-0.25, -0.2) is 0 Å². The fourth-order valence-electron chi connectivity index (χ4n) is 4.15. The molecule has 0 unspecified atom stereocenters. The highest BCUT2D eigenvalue weighted by Gasteiger charge is 2.26. The third-order valence-electron chi connectivity index (χ3n) is 5.92. The Morgan fingerprint density at radius 2 is 1.77 bits per heavy atom. The number of nitrogens with one attached hydrogen (secondary N) is 1. The number of ether oxygens (including phenoxy) is 1. The number of rotatable bonds is 7. The van der Waals surface area contributed by atoms with Crippen LogP contribution >= 0.6 is 0 Å². The van der Waals surface area contributed by atoms with Crippen molar-refractivity contribution in [2.75, 3.05) is 50.8 Å². The number of amides is 2. The van der Waals surface area contributed by atoms with E-state index in [4.69, 9.17) is 4.74 Å². The molecule has 2 aliphatic heterocycles. The molecule has 1 N–H and O–H groups in total. The molecule has 6 heteroatoms. The Labute approximate surface area is 183 Å². The minimum absolute atomic E-state index is 0.0491. The van der Waals surface area contributed by atoms with Crippen LogP contribution in [-0.2, 0) is 9.59 Å². The first-order valence-corrected chi connectivity index (χ1v) is 11.1. The van der Waals surface area contributed by atoms with Crippen molar-refractivity contribution < 1.29 is 19.2 Å². The van der Waals surface area contributed by atoms with Crippen molar-refractivity contribution >= 4 is 23.6 Å². The second-order valence-corrected chi connectivity index (χ2v) is 8.05. The standard InChI is InChI=1S/C25H29N3O3/c29-24(13-7-15-28-22-11-4-5-12-23(22)31-20-25(28)30)27-18-16-26(17-19-27)14-6-10-21-8-2-1-3-9-21/h1-6,8-12H,7,13-20H2/p+1/b10-6+. The van der Waals surface area contributed by atoms with Gasteiger partial charge in [0, 0.05) is 13.0 Å². The van der Waals surface area contributed by atoms with Gasteiger partial charge in [0.25, 0.3) is 5.91 Å². The van der Waals surface area contributed by atoms with Crippen molar-refractivity contribution in [2.24, 2.45) is 0 Å². The molecule has 2 heterocycles. The molecule has 6 nitrogen and oxygen atoms in total. The maximum Gasteiger partial charge on any atom is 0.265 e. The van der Waals surface area contributed by atoms with E-state index in [1.54, 1.807) is 4.90 Å². The Kier molecular flexibility index (Phi) is 6.99. The van der Waals surface area contributed by atoms with Crippen molar-refractivity contribution in [2.45, 2.75) is 12.8 Å². The number of carbonyl (C=O) groups excluding carboxylic acids is 2. The van der Waals surface area contributed by atoms with Crippen molar-refractivity contribution in [3.63, 3.8) is 0 Å². The van der Waals surface area contributed by atoms with Crippen LogP contribution in [0.5, 0.6) is 5.75 Å². The molecule has 0 aliphatic carbocycles. The first-order chi connectivity index (χ1) is 15.2. The Morgan fingerprint density at radius 1 is 1.03 bits per heavy atom. The summed E-state index contributed by atoms with van der Waals surface area (Å²) in [6.07, 6.45) is 5.51. The van der Waals surface area contributed by atoms with Gasteiger partial charge in [-0.2, -0.15) is 0 Å². The molecule has 2 aliphatic rings. The molecule has 0 radical (unpaired) electrons. The highest BCUT2D eigenvalue weighted by molar-refractivity contribution is 5.97. The zero-order valence-corrected chi connectivity index (χ0v) is 17.8. The van der Waals surface area contributed by atoms with E-state index >= 15 is 0 Å². The van der Waals surface area contributed by atoms with Gasteiger partial charge in [0.15, 0.2) is 6.61 Å². The normalized spacial score (nSPS) is 17.0. The van der Waals surface area contributed by atoms with Crippen molar-refractivity contribution in [1.29, 1.82) is 0 Å². The first-order valence-electron chi connectivity index (χ1n) is 11.1. The number of anilines is 1. The second kappa shape index (κ2) is 10.3. The number of benzene rings is 2. The lowest BCUT2D eigenvalue weighted by molar-refractivity contribution is -0.898. The summed E-state index contributed by atoms with van der Waals surface area (Å²) in [4.78, 5) is 30.1. The molecule has 4 rings (SSSR count). The summed E-state index contributed by atoms with van der Waals surface area (Å²) < 4.78 is 5.48. The number of piperazine rings is 1. The summed E-state index contributed by atoms with van der Waals surface area (Å²) in [5.74, 6) is 0.869. The number of nitrogens with zero attached hydrogens (tertiary/aromatic N) is 2. The van der Waals surface area contributed by atoms with Gasteiger partial charge in [0.1, 0.15) is 5.75 Å². The summed E-state index contributed by atoms with van der Waals surface area (Å²) in [5, 5.41) is 0. The van der Waals surface area contributed by atoms with Gasteiger partial charge in [0.05, 0.1) is 38.4 Å². The Bertz CT molecular complexity index is 921. The highest BCUT2D eigenvalue weighted by Crippen LogP contribution is 2.31. The first kappa shape index (κ1) is 21.1. The summed E-state index contributed by atoms with van der Waals surface area (Å²) in [7, 11) is 0. The quantitative estimate of drug-likeness (QED) is 0.741. The fraction of sp³-hybridized carbons (Fsp3) is 0.360. The number of para-hydroxylation sites is 2. The fourth-order valence-corrected chi connectivity index (χ4v) is 4.15. The SMILES string of the molecule is O=C(CCCN1C(=O)COc2ccccc21)N1CC[NH+](C/C=C/c2ccccc2)CC1. The maximum atomic E-state index is 12.6. The zero-order chi connectivity index (χ0) is 21.5. The molecule has 0 saturated carbocycles. The smallest absolute Gasteiger partial charge is 0.265 e.